The van der Waals surface area contributed by atoms with Crippen molar-refractivity contribution in [3.63, 3.8) is 0 Å². The van der Waals surface area contributed by atoms with Crippen LogP contribution in [0.5, 0.6) is 0 Å². The standard InChI is InChI=1S/C16H22O7/c1-9(17)12-14(2,20)13(19)15(3,21)16(22,23-12)11(18)10-7-5-4-6-8-10/h4-9,12-13,17,19-22H,1-3H3/t9?,12-,13+,14+,15-,16-/m1/s1. The summed E-state index contributed by atoms with van der Waals surface area (Å²) in [7, 11) is 0. The number of ketones is 1. The van der Waals surface area contributed by atoms with Crippen molar-refractivity contribution in [2.45, 2.75) is 56.1 Å². The fourth-order valence-corrected chi connectivity index (χ4v) is 2.99. The van der Waals surface area contributed by atoms with Crippen molar-refractivity contribution in [3.05, 3.63) is 35.9 Å². The van der Waals surface area contributed by atoms with Gasteiger partial charge in [-0.15, -0.1) is 0 Å². The molecule has 0 saturated carbocycles. The molecule has 0 aromatic heterocycles. The highest BCUT2D eigenvalue weighted by molar-refractivity contribution is 6.02. The van der Waals surface area contributed by atoms with Crippen molar-refractivity contribution < 1.29 is 35.1 Å². The van der Waals surface area contributed by atoms with Gasteiger partial charge in [-0.3, -0.25) is 4.79 Å². The Morgan fingerprint density at radius 2 is 1.70 bits per heavy atom. The summed E-state index contributed by atoms with van der Waals surface area (Å²) in [5.41, 5.74) is -4.54. The minimum Gasteiger partial charge on any atom is -0.391 e. The van der Waals surface area contributed by atoms with Crippen LogP contribution in [0.25, 0.3) is 0 Å². The van der Waals surface area contributed by atoms with Gasteiger partial charge in [0.15, 0.2) is 5.60 Å². The molecule has 0 radical (unpaired) electrons. The van der Waals surface area contributed by atoms with Gasteiger partial charge < -0.3 is 30.3 Å². The van der Waals surface area contributed by atoms with E-state index in [0.29, 0.717) is 0 Å². The van der Waals surface area contributed by atoms with Crippen LogP contribution in [0.4, 0.5) is 0 Å². The third kappa shape index (κ3) is 2.59. The molecule has 23 heavy (non-hydrogen) atoms. The fourth-order valence-electron chi connectivity index (χ4n) is 2.99. The molecular weight excluding hydrogens is 304 g/mol. The molecule has 7 heteroatoms. The first-order chi connectivity index (χ1) is 10.5. The predicted octanol–water partition coefficient (Wildman–Crippen LogP) is -0.800. The molecule has 1 saturated heterocycles. The van der Waals surface area contributed by atoms with E-state index in [9.17, 15) is 30.3 Å². The highest BCUT2D eigenvalue weighted by atomic mass is 16.7. The first-order valence-corrected chi connectivity index (χ1v) is 7.27. The SMILES string of the molecule is CC(O)[C@H]1O[C@](O)(C(=O)c2ccccc2)[C@](C)(O)[C@@H](O)[C@@]1(C)O. The van der Waals surface area contributed by atoms with E-state index < -0.39 is 41.1 Å². The number of Topliss-reactive ketones (excluding diaryl/α,β-unsaturated/α-hetero) is 1. The molecule has 2 rings (SSSR count). The first-order valence-electron chi connectivity index (χ1n) is 7.27. The van der Waals surface area contributed by atoms with Crippen molar-refractivity contribution in [2.24, 2.45) is 0 Å². The molecule has 128 valence electrons. The van der Waals surface area contributed by atoms with Crippen LogP contribution in [0.1, 0.15) is 31.1 Å². The Hall–Kier alpha value is -1.35. The van der Waals surface area contributed by atoms with Crippen LogP contribution < -0.4 is 0 Å². The van der Waals surface area contributed by atoms with Crippen LogP contribution in [0.3, 0.4) is 0 Å². The second kappa shape index (κ2) is 5.62. The summed E-state index contributed by atoms with van der Waals surface area (Å²) in [4.78, 5) is 12.7. The van der Waals surface area contributed by atoms with Gasteiger partial charge in [0, 0.05) is 5.56 Å². The number of hydrogen-bond donors (Lipinski definition) is 5. The van der Waals surface area contributed by atoms with Crippen molar-refractivity contribution >= 4 is 5.78 Å². The molecule has 6 atom stereocenters. The van der Waals surface area contributed by atoms with E-state index in [0.717, 1.165) is 13.8 Å². The number of rotatable bonds is 3. The van der Waals surface area contributed by atoms with Crippen LogP contribution in [0, 0.1) is 0 Å². The summed E-state index contributed by atoms with van der Waals surface area (Å²) in [6.45, 7) is 3.42. The molecule has 1 aromatic rings. The van der Waals surface area contributed by atoms with E-state index in [1.54, 1.807) is 18.2 Å². The van der Waals surface area contributed by atoms with Gasteiger partial charge in [0.1, 0.15) is 17.8 Å². The minimum atomic E-state index is -2.84. The molecule has 7 nitrogen and oxygen atoms in total. The van der Waals surface area contributed by atoms with Gasteiger partial charge in [0.05, 0.1) is 6.10 Å². The molecule has 0 spiro atoms. The summed E-state index contributed by atoms with van der Waals surface area (Å²) in [6, 6.07) is 7.62. The monoisotopic (exact) mass is 326 g/mol. The van der Waals surface area contributed by atoms with Gasteiger partial charge in [-0.05, 0) is 20.8 Å². The number of hydrogen-bond acceptors (Lipinski definition) is 7. The molecule has 1 aromatic carbocycles. The van der Waals surface area contributed by atoms with Crippen LogP contribution in [0.15, 0.2) is 30.3 Å². The summed E-state index contributed by atoms with van der Waals surface area (Å²) >= 11 is 0. The van der Waals surface area contributed by atoms with E-state index in [-0.39, 0.29) is 5.56 Å². The lowest BCUT2D eigenvalue weighted by Gasteiger charge is -2.55. The maximum Gasteiger partial charge on any atom is 0.264 e. The van der Waals surface area contributed by atoms with Crippen molar-refractivity contribution in [1.82, 2.24) is 0 Å². The summed E-state index contributed by atoms with van der Waals surface area (Å²) in [5.74, 6) is -3.82. The maximum atomic E-state index is 12.7. The number of carbonyl (C=O) groups excluding carboxylic acids is 1. The Morgan fingerprint density at radius 1 is 1.17 bits per heavy atom. The molecule has 1 aliphatic rings. The van der Waals surface area contributed by atoms with Crippen molar-refractivity contribution in [3.8, 4) is 0 Å². The first kappa shape index (κ1) is 18.0. The third-order valence-electron chi connectivity index (χ3n) is 4.43. The lowest BCUT2D eigenvalue weighted by molar-refractivity contribution is -0.386. The topological polar surface area (TPSA) is 127 Å². The van der Waals surface area contributed by atoms with E-state index in [1.807, 2.05) is 0 Å². The largest absolute Gasteiger partial charge is 0.391 e. The van der Waals surface area contributed by atoms with Crippen molar-refractivity contribution in [2.75, 3.05) is 0 Å². The van der Waals surface area contributed by atoms with Gasteiger partial charge in [0.25, 0.3) is 5.79 Å². The maximum absolute atomic E-state index is 12.7. The zero-order valence-electron chi connectivity index (χ0n) is 13.2. The molecule has 0 bridgehead atoms. The molecule has 1 fully saturated rings. The van der Waals surface area contributed by atoms with Crippen LogP contribution in [-0.4, -0.2) is 66.6 Å². The van der Waals surface area contributed by atoms with E-state index in [1.165, 1.54) is 19.1 Å². The van der Waals surface area contributed by atoms with Gasteiger partial charge in [-0.25, -0.2) is 0 Å². The van der Waals surface area contributed by atoms with Crippen molar-refractivity contribution in [1.29, 1.82) is 0 Å². The normalized spacial score (nSPS) is 42.3. The summed E-state index contributed by atoms with van der Waals surface area (Å²) < 4.78 is 5.25. The Labute approximate surface area is 133 Å². The molecule has 1 heterocycles. The lowest BCUT2D eigenvalue weighted by Crippen LogP contribution is -2.78. The number of aliphatic hydroxyl groups excluding tert-OH is 2. The highest BCUT2D eigenvalue weighted by Gasteiger charge is 2.69. The molecule has 1 aliphatic heterocycles. The van der Waals surface area contributed by atoms with Gasteiger partial charge >= 0.3 is 0 Å². The highest BCUT2D eigenvalue weighted by Crippen LogP contribution is 2.43. The number of benzene rings is 1. The molecular formula is C16H22O7. The van der Waals surface area contributed by atoms with E-state index in [2.05, 4.69) is 0 Å². The zero-order valence-corrected chi connectivity index (χ0v) is 13.2. The molecule has 5 N–H and O–H groups in total. The van der Waals surface area contributed by atoms with Gasteiger partial charge in [-0.1, -0.05) is 30.3 Å². The predicted molar refractivity (Wildman–Crippen MR) is 79.5 cm³/mol. The second-order valence-electron chi connectivity index (χ2n) is 6.39. The molecule has 1 unspecified atom stereocenters. The Balaban J connectivity index is 2.53. The Kier molecular flexibility index (Phi) is 4.40. The van der Waals surface area contributed by atoms with Crippen LogP contribution in [-0.2, 0) is 4.74 Å². The average molecular weight is 326 g/mol. The molecule has 0 aliphatic carbocycles. The Morgan fingerprint density at radius 3 is 2.17 bits per heavy atom. The van der Waals surface area contributed by atoms with E-state index in [4.69, 9.17) is 4.74 Å². The average Bonchev–Trinajstić information content (AvgIpc) is 2.49. The minimum absolute atomic E-state index is 0.0494. The number of ether oxygens (including phenoxy) is 1. The van der Waals surface area contributed by atoms with Crippen LogP contribution in [0.2, 0.25) is 0 Å². The van der Waals surface area contributed by atoms with Gasteiger partial charge in [0.2, 0.25) is 5.78 Å². The Bertz CT molecular complexity index is 577. The zero-order chi connectivity index (χ0) is 17.6. The van der Waals surface area contributed by atoms with Gasteiger partial charge in [-0.2, -0.15) is 0 Å². The second-order valence-corrected chi connectivity index (χ2v) is 6.39. The quantitative estimate of drug-likeness (QED) is 0.460. The smallest absolute Gasteiger partial charge is 0.264 e. The number of aliphatic hydroxyl groups is 5. The summed E-state index contributed by atoms with van der Waals surface area (Å²) in [6.07, 6.45) is -4.75. The fraction of sp³-hybridized carbons (Fsp3) is 0.562. The lowest BCUT2D eigenvalue weighted by atomic mass is 9.71. The molecule has 0 amide bonds. The van der Waals surface area contributed by atoms with Crippen LogP contribution >= 0.6 is 0 Å². The summed E-state index contributed by atoms with van der Waals surface area (Å²) in [5, 5.41) is 51.8. The third-order valence-corrected chi connectivity index (χ3v) is 4.43. The van der Waals surface area contributed by atoms with E-state index >= 15 is 0 Å². The number of carbonyl (C=O) groups is 1.